The lowest BCUT2D eigenvalue weighted by molar-refractivity contribution is 0.333. The van der Waals surface area contributed by atoms with E-state index in [9.17, 15) is 0 Å². The second-order valence-corrected chi connectivity index (χ2v) is 4.13. The molecule has 19 heavy (non-hydrogen) atoms. The van der Waals surface area contributed by atoms with E-state index in [1.807, 2.05) is 37.5 Å². The average molecular weight is 257 g/mol. The first-order valence-electron chi connectivity index (χ1n) is 6.56. The third-order valence-corrected chi connectivity index (χ3v) is 2.85. The molecule has 0 amide bonds. The van der Waals surface area contributed by atoms with Gasteiger partial charge in [0.05, 0.1) is 12.6 Å². The lowest BCUT2D eigenvalue weighted by Gasteiger charge is -2.21. The van der Waals surface area contributed by atoms with Crippen LogP contribution < -0.4 is 10.1 Å². The minimum absolute atomic E-state index is 0.0500. The summed E-state index contributed by atoms with van der Waals surface area (Å²) in [6.45, 7) is 5.59. The minimum atomic E-state index is 0.0500. The zero-order valence-electron chi connectivity index (χ0n) is 11.3. The van der Waals surface area contributed by atoms with Gasteiger partial charge < -0.3 is 10.1 Å². The molecule has 0 bridgehead atoms. The van der Waals surface area contributed by atoms with E-state index in [1.165, 1.54) is 0 Å². The van der Waals surface area contributed by atoms with Crippen molar-refractivity contribution in [2.75, 3.05) is 13.2 Å². The Morgan fingerprint density at radius 3 is 2.58 bits per heavy atom. The Morgan fingerprint density at radius 2 is 1.89 bits per heavy atom. The molecule has 1 atom stereocenters. The van der Waals surface area contributed by atoms with Crippen molar-refractivity contribution in [3.05, 3.63) is 54.1 Å². The third-order valence-electron chi connectivity index (χ3n) is 2.85. The number of nitrogens with one attached hydrogen (secondary N) is 1. The lowest BCUT2D eigenvalue weighted by Crippen LogP contribution is -2.23. The number of nitrogens with zero attached hydrogens (tertiary/aromatic N) is 2. The summed E-state index contributed by atoms with van der Waals surface area (Å²) in [5, 5.41) is 3.45. The summed E-state index contributed by atoms with van der Waals surface area (Å²) < 4.78 is 5.70. The molecule has 2 aromatic rings. The van der Waals surface area contributed by atoms with Gasteiger partial charge in [0, 0.05) is 23.5 Å². The van der Waals surface area contributed by atoms with Gasteiger partial charge in [-0.1, -0.05) is 25.1 Å². The topological polar surface area (TPSA) is 47.0 Å². The van der Waals surface area contributed by atoms with Gasteiger partial charge >= 0.3 is 0 Å². The highest BCUT2D eigenvalue weighted by molar-refractivity contribution is 5.40. The van der Waals surface area contributed by atoms with Crippen LogP contribution in [0.5, 0.6) is 5.75 Å². The summed E-state index contributed by atoms with van der Waals surface area (Å²) in [6.07, 6.45) is 5.22. The predicted octanol–water partition coefficient (Wildman–Crippen LogP) is 2.57. The first-order valence-corrected chi connectivity index (χ1v) is 6.56. The molecule has 4 heteroatoms. The summed E-state index contributed by atoms with van der Waals surface area (Å²) in [6, 6.07) is 8.12. The van der Waals surface area contributed by atoms with Crippen molar-refractivity contribution in [1.82, 2.24) is 15.3 Å². The number of ether oxygens (including phenoxy) is 1. The van der Waals surface area contributed by atoms with Crippen molar-refractivity contribution in [3.63, 3.8) is 0 Å². The van der Waals surface area contributed by atoms with Crippen molar-refractivity contribution >= 4 is 0 Å². The predicted molar refractivity (Wildman–Crippen MR) is 75.2 cm³/mol. The molecule has 0 aliphatic carbocycles. The van der Waals surface area contributed by atoms with Crippen LogP contribution in [0.3, 0.4) is 0 Å². The highest BCUT2D eigenvalue weighted by Crippen LogP contribution is 2.29. The molecule has 0 aliphatic heterocycles. The molecule has 100 valence electrons. The highest BCUT2D eigenvalue weighted by atomic mass is 16.5. The van der Waals surface area contributed by atoms with E-state index in [-0.39, 0.29) is 6.04 Å². The number of hydrogen-bond acceptors (Lipinski definition) is 4. The van der Waals surface area contributed by atoms with Crippen molar-refractivity contribution < 1.29 is 4.74 Å². The summed E-state index contributed by atoms with van der Waals surface area (Å²) in [5.74, 6) is 0.903. The largest absolute Gasteiger partial charge is 0.494 e. The van der Waals surface area contributed by atoms with Crippen LogP contribution in [0.1, 0.15) is 31.0 Å². The maximum atomic E-state index is 5.70. The molecule has 0 aliphatic rings. The average Bonchev–Trinajstić information content (AvgIpc) is 2.47. The number of aromatic nitrogens is 2. The van der Waals surface area contributed by atoms with Crippen LogP contribution in [0.15, 0.2) is 43.0 Å². The molecule has 0 spiro atoms. The second-order valence-electron chi connectivity index (χ2n) is 4.13. The molecule has 1 N–H and O–H groups in total. The van der Waals surface area contributed by atoms with Gasteiger partial charge in [0.25, 0.3) is 0 Å². The fourth-order valence-corrected chi connectivity index (χ4v) is 2.08. The second kappa shape index (κ2) is 6.85. The van der Waals surface area contributed by atoms with Gasteiger partial charge in [-0.25, -0.2) is 9.97 Å². The molecule has 2 rings (SSSR count). The third kappa shape index (κ3) is 3.29. The van der Waals surface area contributed by atoms with Gasteiger partial charge in [-0.15, -0.1) is 0 Å². The fourth-order valence-electron chi connectivity index (χ4n) is 2.08. The standard InChI is InChI=1S/C15H19N3O/c1-3-18-15(12-9-16-11-17-10-12)13-7-5-6-8-14(13)19-4-2/h5-11,15,18H,3-4H2,1-2H3. The Balaban J connectivity index is 2.39. The van der Waals surface area contributed by atoms with Gasteiger partial charge in [0.1, 0.15) is 12.1 Å². The summed E-state index contributed by atoms with van der Waals surface area (Å²) in [5.41, 5.74) is 2.15. The molecule has 1 aromatic heterocycles. The highest BCUT2D eigenvalue weighted by Gasteiger charge is 2.17. The number of hydrogen-bond donors (Lipinski definition) is 1. The van der Waals surface area contributed by atoms with E-state index in [0.717, 1.165) is 23.4 Å². The summed E-state index contributed by atoms with van der Waals surface area (Å²) in [4.78, 5) is 8.19. The SMILES string of the molecule is CCNC(c1cncnc1)c1ccccc1OCC. The van der Waals surface area contributed by atoms with Crippen LogP contribution in [-0.4, -0.2) is 23.1 Å². The van der Waals surface area contributed by atoms with Gasteiger partial charge in [-0.3, -0.25) is 0 Å². The van der Waals surface area contributed by atoms with E-state index in [4.69, 9.17) is 4.74 Å². The number of rotatable bonds is 6. The van der Waals surface area contributed by atoms with Crippen molar-refractivity contribution in [2.24, 2.45) is 0 Å². The summed E-state index contributed by atoms with van der Waals surface area (Å²) >= 11 is 0. The summed E-state index contributed by atoms with van der Waals surface area (Å²) in [7, 11) is 0. The number of benzene rings is 1. The Labute approximate surface area is 113 Å². The molecule has 1 aromatic carbocycles. The maximum Gasteiger partial charge on any atom is 0.124 e. The zero-order valence-corrected chi connectivity index (χ0v) is 11.3. The van der Waals surface area contributed by atoms with Gasteiger partial charge in [-0.2, -0.15) is 0 Å². The normalized spacial score (nSPS) is 12.1. The van der Waals surface area contributed by atoms with E-state index >= 15 is 0 Å². The molecule has 1 heterocycles. The molecule has 4 nitrogen and oxygen atoms in total. The number of para-hydroxylation sites is 1. The van der Waals surface area contributed by atoms with E-state index in [0.29, 0.717) is 6.61 Å². The minimum Gasteiger partial charge on any atom is -0.494 e. The van der Waals surface area contributed by atoms with Crippen LogP contribution in [0.2, 0.25) is 0 Å². The van der Waals surface area contributed by atoms with Crippen LogP contribution >= 0.6 is 0 Å². The van der Waals surface area contributed by atoms with E-state index in [1.54, 1.807) is 6.33 Å². The van der Waals surface area contributed by atoms with Crippen LogP contribution in [0.4, 0.5) is 0 Å². The monoisotopic (exact) mass is 257 g/mol. The van der Waals surface area contributed by atoms with Crippen molar-refractivity contribution in [1.29, 1.82) is 0 Å². The van der Waals surface area contributed by atoms with E-state index in [2.05, 4.69) is 28.3 Å². The first-order chi connectivity index (χ1) is 9.36. The van der Waals surface area contributed by atoms with Crippen molar-refractivity contribution in [2.45, 2.75) is 19.9 Å². The Hall–Kier alpha value is -1.94. The van der Waals surface area contributed by atoms with Crippen LogP contribution in [0, 0.1) is 0 Å². The Kier molecular flexibility index (Phi) is 4.86. The quantitative estimate of drug-likeness (QED) is 0.864. The lowest BCUT2D eigenvalue weighted by atomic mass is 10.00. The molecule has 1 unspecified atom stereocenters. The van der Waals surface area contributed by atoms with Gasteiger partial charge in [-0.05, 0) is 19.5 Å². The van der Waals surface area contributed by atoms with E-state index < -0.39 is 0 Å². The van der Waals surface area contributed by atoms with Gasteiger partial charge in [0.15, 0.2) is 0 Å². The van der Waals surface area contributed by atoms with Gasteiger partial charge in [0.2, 0.25) is 0 Å². The molecule has 0 fully saturated rings. The smallest absolute Gasteiger partial charge is 0.124 e. The molecular weight excluding hydrogens is 238 g/mol. The van der Waals surface area contributed by atoms with Crippen LogP contribution in [-0.2, 0) is 0 Å². The van der Waals surface area contributed by atoms with Crippen molar-refractivity contribution in [3.8, 4) is 5.75 Å². The Morgan fingerprint density at radius 1 is 1.16 bits per heavy atom. The molecular formula is C15H19N3O. The maximum absolute atomic E-state index is 5.70. The zero-order chi connectivity index (χ0) is 13.5. The Bertz CT molecular complexity index is 502. The first kappa shape index (κ1) is 13.5. The fraction of sp³-hybridized carbons (Fsp3) is 0.333. The molecule has 0 radical (unpaired) electrons. The molecule has 0 saturated heterocycles. The molecule has 0 saturated carbocycles. The van der Waals surface area contributed by atoms with Crippen LogP contribution in [0.25, 0.3) is 0 Å².